The quantitative estimate of drug-likeness (QED) is 0.759. The molecule has 3 rings (SSSR count). The third kappa shape index (κ3) is 2.32. The van der Waals surface area contributed by atoms with E-state index in [0.29, 0.717) is 0 Å². The van der Waals surface area contributed by atoms with E-state index in [1.807, 2.05) is 12.1 Å². The summed E-state index contributed by atoms with van der Waals surface area (Å²) in [6.45, 7) is 5.60. The van der Waals surface area contributed by atoms with Gasteiger partial charge in [-0.25, -0.2) is 0 Å². The van der Waals surface area contributed by atoms with Crippen molar-refractivity contribution in [2.45, 2.75) is 0 Å². The zero-order valence-corrected chi connectivity index (χ0v) is 11.4. The number of benzene rings is 2. The molecule has 2 aromatic rings. The lowest BCUT2D eigenvalue weighted by atomic mass is 10.2. The molecule has 0 aliphatic carbocycles. The van der Waals surface area contributed by atoms with Crippen LogP contribution in [0.4, 0.5) is 17.1 Å². The summed E-state index contributed by atoms with van der Waals surface area (Å²) in [5, 5.41) is 0. The highest BCUT2D eigenvalue weighted by molar-refractivity contribution is 5.80. The van der Waals surface area contributed by atoms with Gasteiger partial charge in [-0.05, 0) is 30.3 Å². The van der Waals surface area contributed by atoms with E-state index in [1.54, 1.807) is 0 Å². The summed E-state index contributed by atoms with van der Waals surface area (Å²) in [4.78, 5) is 4.56. The van der Waals surface area contributed by atoms with E-state index in [9.17, 15) is 0 Å². The standard InChI is InChI=1S/C18H18N2/c1-2-13-19-14-8-15-20(16-9-4-3-5-10-16)18-12-7-6-11-17(18)19/h2-12,15H,1,13-14H2. The van der Waals surface area contributed by atoms with Crippen LogP contribution >= 0.6 is 0 Å². The first kappa shape index (κ1) is 12.5. The van der Waals surface area contributed by atoms with E-state index < -0.39 is 0 Å². The maximum atomic E-state index is 3.86. The van der Waals surface area contributed by atoms with Gasteiger partial charge < -0.3 is 9.80 Å². The van der Waals surface area contributed by atoms with Crippen molar-refractivity contribution in [2.24, 2.45) is 0 Å². The summed E-state index contributed by atoms with van der Waals surface area (Å²) < 4.78 is 0. The average molecular weight is 262 g/mol. The van der Waals surface area contributed by atoms with E-state index in [2.05, 4.69) is 77.2 Å². The van der Waals surface area contributed by atoms with E-state index in [4.69, 9.17) is 0 Å². The highest BCUT2D eigenvalue weighted by atomic mass is 15.2. The molecule has 2 aromatic carbocycles. The normalized spacial score (nSPS) is 13.8. The molecule has 0 aromatic heterocycles. The highest BCUT2D eigenvalue weighted by Gasteiger charge is 2.17. The smallest absolute Gasteiger partial charge is 0.0689 e. The van der Waals surface area contributed by atoms with Crippen molar-refractivity contribution in [3.05, 3.63) is 79.5 Å². The molecule has 2 heteroatoms. The third-order valence-electron chi connectivity index (χ3n) is 3.45. The highest BCUT2D eigenvalue weighted by Crippen LogP contribution is 2.36. The van der Waals surface area contributed by atoms with Crippen LogP contribution in [0.2, 0.25) is 0 Å². The van der Waals surface area contributed by atoms with Gasteiger partial charge in [0.1, 0.15) is 0 Å². The van der Waals surface area contributed by atoms with E-state index in [0.717, 1.165) is 13.1 Å². The first-order valence-corrected chi connectivity index (χ1v) is 6.86. The van der Waals surface area contributed by atoms with Crippen LogP contribution in [-0.4, -0.2) is 13.1 Å². The number of rotatable bonds is 3. The van der Waals surface area contributed by atoms with Gasteiger partial charge in [-0.2, -0.15) is 0 Å². The second kappa shape index (κ2) is 5.66. The minimum absolute atomic E-state index is 0.851. The molecule has 0 saturated heterocycles. The SMILES string of the molecule is C=CCN1CC=CN(c2ccccc2)c2ccccc21. The fourth-order valence-electron chi connectivity index (χ4n) is 2.54. The first-order valence-electron chi connectivity index (χ1n) is 6.86. The monoisotopic (exact) mass is 262 g/mol. The van der Waals surface area contributed by atoms with E-state index >= 15 is 0 Å². The second-order valence-electron chi connectivity index (χ2n) is 4.77. The van der Waals surface area contributed by atoms with Gasteiger partial charge >= 0.3 is 0 Å². The molecule has 1 aliphatic rings. The van der Waals surface area contributed by atoms with Crippen molar-refractivity contribution in [1.82, 2.24) is 0 Å². The Morgan fingerprint density at radius 2 is 1.65 bits per heavy atom. The summed E-state index contributed by atoms with van der Waals surface area (Å²) >= 11 is 0. The van der Waals surface area contributed by atoms with Crippen molar-refractivity contribution < 1.29 is 0 Å². The number of nitrogens with zero attached hydrogens (tertiary/aromatic N) is 2. The lowest BCUT2D eigenvalue weighted by molar-refractivity contribution is 0.962. The number of para-hydroxylation sites is 3. The fourth-order valence-corrected chi connectivity index (χ4v) is 2.54. The molecule has 100 valence electrons. The number of hydrogen-bond acceptors (Lipinski definition) is 2. The zero-order chi connectivity index (χ0) is 13.8. The second-order valence-corrected chi connectivity index (χ2v) is 4.77. The number of hydrogen-bond donors (Lipinski definition) is 0. The summed E-state index contributed by atoms with van der Waals surface area (Å²) in [6, 6.07) is 18.9. The summed E-state index contributed by atoms with van der Waals surface area (Å²) in [5.74, 6) is 0. The fraction of sp³-hybridized carbons (Fsp3) is 0.111. The van der Waals surface area contributed by atoms with Crippen LogP contribution in [0.5, 0.6) is 0 Å². The van der Waals surface area contributed by atoms with Crippen molar-refractivity contribution in [3.63, 3.8) is 0 Å². The van der Waals surface area contributed by atoms with Crippen molar-refractivity contribution in [2.75, 3.05) is 22.9 Å². The Morgan fingerprint density at radius 1 is 0.950 bits per heavy atom. The first-order chi connectivity index (χ1) is 9.90. The summed E-state index contributed by atoms with van der Waals surface area (Å²) in [7, 11) is 0. The van der Waals surface area contributed by atoms with Gasteiger partial charge in [0.15, 0.2) is 0 Å². The Hall–Kier alpha value is -2.48. The van der Waals surface area contributed by atoms with Crippen LogP contribution in [0.3, 0.4) is 0 Å². The Bertz CT molecular complexity index is 616. The Labute approximate surface area is 120 Å². The summed E-state index contributed by atoms with van der Waals surface area (Å²) in [5.41, 5.74) is 3.62. The molecule has 0 fully saturated rings. The number of anilines is 3. The molecule has 2 nitrogen and oxygen atoms in total. The van der Waals surface area contributed by atoms with Crippen LogP contribution in [0, 0.1) is 0 Å². The molecule has 0 atom stereocenters. The third-order valence-corrected chi connectivity index (χ3v) is 3.45. The molecule has 0 radical (unpaired) electrons. The topological polar surface area (TPSA) is 6.48 Å². The van der Waals surface area contributed by atoms with Gasteiger partial charge in [0.05, 0.1) is 11.4 Å². The van der Waals surface area contributed by atoms with Crippen LogP contribution in [0.15, 0.2) is 79.5 Å². The number of fused-ring (bicyclic) bond motifs is 1. The Morgan fingerprint density at radius 3 is 2.40 bits per heavy atom. The van der Waals surface area contributed by atoms with Crippen molar-refractivity contribution in [3.8, 4) is 0 Å². The zero-order valence-electron chi connectivity index (χ0n) is 11.4. The molecule has 0 unspecified atom stereocenters. The van der Waals surface area contributed by atoms with Crippen LogP contribution < -0.4 is 9.80 Å². The molecular weight excluding hydrogens is 244 g/mol. The lowest BCUT2D eigenvalue weighted by Crippen LogP contribution is -2.23. The van der Waals surface area contributed by atoms with Crippen LogP contribution in [-0.2, 0) is 0 Å². The van der Waals surface area contributed by atoms with Gasteiger partial charge in [-0.15, -0.1) is 6.58 Å². The van der Waals surface area contributed by atoms with Gasteiger partial charge in [0, 0.05) is 25.0 Å². The van der Waals surface area contributed by atoms with Gasteiger partial charge in [-0.3, -0.25) is 0 Å². The van der Waals surface area contributed by atoms with Crippen molar-refractivity contribution >= 4 is 17.1 Å². The minimum atomic E-state index is 0.851. The Balaban J connectivity index is 2.08. The Kier molecular flexibility index (Phi) is 3.55. The molecule has 1 heterocycles. The average Bonchev–Trinajstić information content (AvgIpc) is 2.69. The molecule has 1 aliphatic heterocycles. The lowest BCUT2D eigenvalue weighted by Gasteiger charge is -2.26. The van der Waals surface area contributed by atoms with Gasteiger partial charge in [0.2, 0.25) is 0 Å². The molecular formula is C18H18N2. The van der Waals surface area contributed by atoms with Crippen molar-refractivity contribution in [1.29, 1.82) is 0 Å². The maximum Gasteiger partial charge on any atom is 0.0689 e. The molecule has 0 N–H and O–H groups in total. The molecule has 0 saturated carbocycles. The molecule has 0 bridgehead atoms. The summed E-state index contributed by atoms with van der Waals surface area (Å²) in [6.07, 6.45) is 6.29. The molecule has 0 spiro atoms. The minimum Gasteiger partial charge on any atom is -0.362 e. The van der Waals surface area contributed by atoms with E-state index in [-0.39, 0.29) is 0 Å². The van der Waals surface area contributed by atoms with Gasteiger partial charge in [0.25, 0.3) is 0 Å². The maximum absolute atomic E-state index is 3.86. The molecule has 20 heavy (non-hydrogen) atoms. The van der Waals surface area contributed by atoms with Crippen LogP contribution in [0.1, 0.15) is 0 Å². The molecule has 0 amide bonds. The van der Waals surface area contributed by atoms with Gasteiger partial charge in [-0.1, -0.05) is 36.4 Å². The predicted molar refractivity (Wildman–Crippen MR) is 86.6 cm³/mol. The predicted octanol–water partition coefficient (Wildman–Crippen LogP) is 4.34. The van der Waals surface area contributed by atoms with Crippen LogP contribution in [0.25, 0.3) is 0 Å². The van der Waals surface area contributed by atoms with E-state index in [1.165, 1.54) is 17.1 Å². The largest absolute Gasteiger partial charge is 0.362 e.